The monoisotopic (exact) mass is 330 g/mol. The van der Waals surface area contributed by atoms with Gasteiger partial charge in [0.05, 0.1) is 14.1 Å². The van der Waals surface area contributed by atoms with Crippen LogP contribution in [0.4, 0.5) is 0 Å². The second-order valence-electron chi connectivity index (χ2n) is 6.32. The molecule has 0 saturated heterocycles. The molecule has 2 aromatic carbocycles. The third-order valence-corrected chi connectivity index (χ3v) is 4.74. The van der Waals surface area contributed by atoms with Crippen molar-refractivity contribution in [3.05, 3.63) is 71.9 Å². The first-order chi connectivity index (χ1) is 12.1. The van der Waals surface area contributed by atoms with Crippen molar-refractivity contribution in [2.24, 2.45) is 14.1 Å². The van der Waals surface area contributed by atoms with Gasteiger partial charge < -0.3 is 0 Å². The molecule has 4 aromatic rings. The van der Waals surface area contributed by atoms with E-state index in [2.05, 4.69) is 94.6 Å². The van der Waals surface area contributed by atoms with Crippen LogP contribution in [0.25, 0.3) is 35.1 Å². The van der Waals surface area contributed by atoms with E-state index in [1.165, 1.54) is 11.0 Å². The number of hydrogen-bond acceptors (Lipinski definition) is 0. The maximum atomic E-state index is 4.16. The Bertz CT molecular complexity index is 1190. The van der Waals surface area contributed by atoms with Crippen LogP contribution < -0.4 is 19.8 Å². The average molecular weight is 330 g/mol. The molecule has 0 saturated carbocycles. The number of hydrogen-bond donors (Lipinski definition) is 0. The zero-order valence-corrected chi connectivity index (χ0v) is 14.8. The number of aromatic nitrogens is 4. The van der Waals surface area contributed by atoms with Gasteiger partial charge in [0.15, 0.2) is 21.7 Å². The minimum Gasteiger partial charge on any atom is -0.233 e. The minimum atomic E-state index is 1.01. The molecule has 0 radical (unpaired) electrons. The minimum absolute atomic E-state index is 1.01. The molecule has 2 aromatic heterocycles. The van der Waals surface area contributed by atoms with E-state index in [4.69, 9.17) is 0 Å². The first kappa shape index (κ1) is 15.4. The van der Waals surface area contributed by atoms with Crippen LogP contribution >= 0.6 is 0 Å². The first-order valence-electron chi connectivity index (χ1n) is 8.39. The Morgan fingerprint density at radius 2 is 1.56 bits per heavy atom. The maximum absolute atomic E-state index is 4.16. The van der Waals surface area contributed by atoms with Gasteiger partial charge in [-0.15, -0.1) is 0 Å². The summed E-state index contributed by atoms with van der Waals surface area (Å²) in [5, 5.41) is 2.12. The summed E-state index contributed by atoms with van der Waals surface area (Å²) in [5.74, 6) is 0. The van der Waals surface area contributed by atoms with Crippen LogP contribution in [0.3, 0.4) is 0 Å². The molecule has 124 valence electrons. The van der Waals surface area contributed by atoms with Crippen molar-refractivity contribution in [1.29, 1.82) is 0 Å². The lowest BCUT2D eigenvalue weighted by atomic mass is 10.2. The summed E-state index contributed by atoms with van der Waals surface area (Å²) >= 11 is 0. The Labute approximate surface area is 146 Å². The molecule has 0 aliphatic carbocycles. The molecule has 0 bridgehead atoms. The number of nitrogens with zero attached hydrogens (tertiary/aromatic N) is 4. The Balaban J connectivity index is 1.94. The number of imidazole rings is 2. The molecule has 4 heteroatoms. The largest absolute Gasteiger partial charge is 0.249 e. The van der Waals surface area contributed by atoms with E-state index < -0.39 is 0 Å². The SMILES string of the molecule is C=c1c(=CC)n(-c2cccc(-n3c[n+](C)c4ccccc43)c2)c[n+]1C. The molecule has 0 unspecified atom stereocenters. The molecule has 4 rings (SSSR count). The van der Waals surface area contributed by atoms with E-state index >= 15 is 0 Å². The van der Waals surface area contributed by atoms with Gasteiger partial charge in [0.2, 0.25) is 12.7 Å². The standard InChI is InChI=1S/C21H22N4/c1-5-19-16(2)22(3)14-24(19)17-9-8-10-18(13-17)25-15-23(4)20-11-6-7-12-21(20)25/h5-15H,2H2,1,3-4H3/q+2. The Morgan fingerprint density at radius 1 is 0.880 bits per heavy atom. The Hall–Kier alpha value is -3.14. The lowest BCUT2D eigenvalue weighted by Crippen LogP contribution is -2.48. The third-order valence-electron chi connectivity index (χ3n) is 4.74. The summed E-state index contributed by atoms with van der Waals surface area (Å²) in [6, 6.07) is 17.0. The maximum Gasteiger partial charge on any atom is 0.249 e. The molecule has 4 nitrogen and oxygen atoms in total. The van der Waals surface area contributed by atoms with E-state index in [0.29, 0.717) is 0 Å². The van der Waals surface area contributed by atoms with Crippen LogP contribution in [-0.4, -0.2) is 9.13 Å². The Morgan fingerprint density at radius 3 is 2.32 bits per heavy atom. The second-order valence-corrected chi connectivity index (χ2v) is 6.32. The summed E-state index contributed by atoms with van der Waals surface area (Å²) in [5.41, 5.74) is 4.66. The smallest absolute Gasteiger partial charge is 0.233 e. The number of rotatable bonds is 2. The van der Waals surface area contributed by atoms with Gasteiger partial charge in [0.25, 0.3) is 0 Å². The van der Waals surface area contributed by atoms with Gasteiger partial charge in [-0.3, -0.25) is 0 Å². The normalized spacial score (nSPS) is 12.2. The topological polar surface area (TPSA) is 17.6 Å². The van der Waals surface area contributed by atoms with Crippen LogP contribution in [0.1, 0.15) is 6.92 Å². The van der Waals surface area contributed by atoms with Gasteiger partial charge in [-0.25, -0.2) is 9.13 Å². The fourth-order valence-electron chi connectivity index (χ4n) is 3.40. The lowest BCUT2D eigenvalue weighted by molar-refractivity contribution is -0.683. The predicted molar refractivity (Wildman–Crippen MR) is 99.9 cm³/mol. The molecule has 0 amide bonds. The highest BCUT2D eigenvalue weighted by molar-refractivity contribution is 5.74. The quantitative estimate of drug-likeness (QED) is 0.493. The van der Waals surface area contributed by atoms with Crippen molar-refractivity contribution >= 4 is 23.7 Å². The highest BCUT2D eigenvalue weighted by Crippen LogP contribution is 2.18. The summed E-state index contributed by atoms with van der Waals surface area (Å²) in [7, 11) is 4.10. The van der Waals surface area contributed by atoms with Gasteiger partial charge >= 0.3 is 0 Å². The van der Waals surface area contributed by atoms with Crippen LogP contribution in [0, 0.1) is 0 Å². The van der Waals surface area contributed by atoms with Crippen molar-refractivity contribution in [3.8, 4) is 11.4 Å². The van der Waals surface area contributed by atoms with Crippen LogP contribution in [0.2, 0.25) is 0 Å². The number of fused-ring (bicyclic) bond motifs is 1. The third kappa shape index (κ3) is 2.38. The van der Waals surface area contributed by atoms with Gasteiger partial charge in [-0.1, -0.05) is 18.2 Å². The number of aryl methyl sites for hydroxylation is 2. The molecule has 0 aliphatic heterocycles. The highest BCUT2D eigenvalue weighted by atomic mass is 15.1. The van der Waals surface area contributed by atoms with Crippen molar-refractivity contribution in [3.63, 3.8) is 0 Å². The summed E-state index contributed by atoms with van der Waals surface area (Å²) in [6.45, 7) is 6.21. The zero-order valence-electron chi connectivity index (χ0n) is 14.8. The molecule has 0 aliphatic rings. The molecular formula is C21H22N4+2. The second kappa shape index (κ2) is 5.74. The molecule has 2 heterocycles. The van der Waals surface area contributed by atoms with Crippen molar-refractivity contribution in [1.82, 2.24) is 9.13 Å². The summed E-state index contributed by atoms with van der Waals surface area (Å²) in [4.78, 5) is 0. The summed E-state index contributed by atoms with van der Waals surface area (Å²) < 4.78 is 8.60. The van der Waals surface area contributed by atoms with Gasteiger partial charge in [-0.05, 0) is 43.8 Å². The van der Waals surface area contributed by atoms with E-state index in [9.17, 15) is 0 Å². The van der Waals surface area contributed by atoms with Gasteiger partial charge in [-0.2, -0.15) is 9.13 Å². The first-order valence-corrected chi connectivity index (χ1v) is 8.39. The predicted octanol–water partition coefficient (Wildman–Crippen LogP) is 1.28. The Kier molecular flexibility index (Phi) is 3.53. The molecule has 0 fully saturated rings. The van der Waals surface area contributed by atoms with Crippen LogP contribution in [0.5, 0.6) is 0 Å². The van der Waals surface area contributed by atoms with Crippen LogP contribution in [0.15, 0.2) is 61.2 Å². The fourth-order valence-corrected chi connectivity index (χ4v) is 3.40. The molecule has 0 atom stereocenters. The van der Waals surface area contributed by atoms with E-state index in [1.54, 1.807) is 0 Å². The molecule has 25 heavy (non-hydrogen) atoms. The zero-order chi connectivity index (χ0) is 17.6. The molecular weight excluding hydrogens is 308 g/mol. The average Bonchev–Trinajstić information content (AvgIpc) is 3.13. The number of benzene rings is 2. The highest BCUT2D eigenvalue weighted by Gasteiger charge is 2.17. The van der Waals surface area contributed by atoms with Crippen molar-refractivity contribution in [2.45, 2.75) is 6.92 Å². The van der Waals surface area contributed by atoms with E-state index in [-0.39, 0.29) is 0 Å². The summed E-state index contributed by atoms with van der Waals surface area (Å²) in [6.07, 6.45) is 6.30. The fraction of sp³-hybridized carbons (Fsp3) is 0.143. The van der Waals surface area contributed by atoms with Gasteiger partial charge in [0.1, 0.15) is 11.4 Å². The van der Waals surface area contributed by atoms with Crippen LogP contribution in [-0.2, 0) is 14.1 Å². The molecule has 0 spiro atoms. The molecule has 0 N–H and O–H groups in total. The van der Waals surface area contributed by atoms with E-state index in [0.717, 1.165) is 22.1 Å². The van der Waals surface area contributed by atoms with E-state index in [1.807, 2.05) is 18.5 Å². The van der Waals surface area contributed by atoms with Crippen molar-refractivity contribution in [2.75, 3.05) is 0 Å². The van der Waals surface area contributed by atoms with Crippen molar-refractivity contribution < 1.29 is 9.13 Å². The number of para-hydroxylation sites is 2. The van der Waals surface area contributed by atoms with Gasteiger partial charge in [0, 0.05) is 6.07 Å². The lowest BCUT2D eigenvalue weighted by Gasteiger charge is -2.00.